The molecule has 1 N–H and O–H groups in total. The highest BCUT2D eigenvalue weighted by molar-refractivity contribution is 5.82. The number of carbonyl (C=O) groups excluding carboxylic acids is 2. The Kier molecular flexibility index (Phi) is 9.52. The molecule has 0 amide bonds. The minimum absolute atomic E-state index is 0.167. The molecule has 0 aromatic heterocycles. The maximum atomic E-state index is 9.66. The monoisotopic (exact) mass is 276 g/mol. The van der Waals surface area contributed by atoms with E-state index in [-0.39, 0.29) is 5.78 Å². The number of aliphatic hydroxyl groups is 1. The molecule has 2 aromatic carbocycles. The maximum Gasteiger partial charge on any atom is 0.304 e. The predicted molar refractivity (Wildman–Crippen MR) is 79.2 cm³/mol. The molecule has 0 saturated carbocycles. The Labute approximate surface area is 119 Å². The topological polar surface area (TPSA) is 63.6 Å². The van der Waals surface area contributed by atoms with Crippen LogP contribution in [0.4, 0.5) is 0 Å². The molecule has 4 nitrogen and oxygen atoms in total. The van der Waals surface area contributed by atoms with E-state index in [4.69, 9.17) is 5.11 Å². The van der Waals surface area contributed by atoms with E-state index in [1.54, 1.807) is 0 Å². The van der Waals surface area contributed by atoms with Crippen molar-refractivity contribution in [2.45, 2.75) is 20.8 Å². The zero-order chi connectivity index (χ0) is 15.4. The van der Waals surface area contributed by atoms with E-state index < -0.39 is 12.8 Å². The average molecular weight is 276 g/mol. The van der Waals surface area contributed by atoms with Crippen molar-refractivity contribution < 1.29 is 19.4 Å². The van der Waals surface area contributed by atoms with Gasteiger partial charge in [0.2, 0.25) is 0 Å². The summed E-state index contributed by atoms with van der Waals surface area (Å²) in [7, 11) is 0. The fourth-order valence-electron chi connectivity index (χ4n) is 1.22. The van der Waals surface area contributed by atoms with Gasteiger partial charge in [0.05, 0.1) is 0 Å². The zero-order valence-corrected chi connectivity index (χ0v) is 12.0. The summed E-state index contributed by atoms with van der Waals surface area (Å²) in [6.07, 6.45) is 0. The first-order chi connectivity index (χ1) is 9.47. The third-order valence-corrected chi connectivity index (χ3v) is 1.93. The lowest BCUT2D eigenvalue weighted by Gasteiger charge is -1.92. The maximum absolute atomic E-state index is 9.66. The van der Waals surface area contributed by atoms with Crippen molar-refractivity contribution in [3.05, 3.63) is 48.5 Å². The normalized spacial score (nSPS) is 8.60. The number of ketones is 1. The van der Waals surface area contributed by atoms with Gasteiger partial charge in [-0.1, -0.05) is 48.5 Å². The van der Waals surface area contributed by atoms with Crippen molar-refractivity contribution >= 4 is 22.5 Å². The second kappa shape index (κ2) is 10.7. The summed E-state index contributed by atoms with van der Waals surface area (Å²) >= 11 is 0. The molecule has 0 saturated heterocycles. The summed E-state index contributed by atoms with van der Waals surface area (Å²) in [5, 5.41) is 10.4. The van der Waals surface area contributed by atoms with Crippen LogP contribution in [0.5, 0.6) is 0 Å². The molecule has 2 aromatic rings. The second-order valence-electron chi connectivity index (χ2n) is 4.02. The molecule has 0 fully saturated rings. The van der Waals surface area contributed by atoms with Crippen LogP contribution in [0.2, 0.25) is 0 Å². The third kappa shape index (κ3) is 9.79. The van der Waals surface area contributed by atoms with Crippen LogP contribution in [0, 0.1) is 0 Å². The van der Waals surface area contributed by atoms with E-state index in [2.05, 4.69) is 53.3 Å². The molecule has 0 aliphatic carbocycles. The van der Waals surface area contributed by atoms with Gasteiger partial charge in [0.25, 0.3) is 0 Å². The first kappa shape index (κ1) is 17.8. The molecule has 108 valence electrons. The lowest BCUT2D eigenvalue weighted by atomic mass is 10.1. The van der Waals surface area contributed by atoms with E-state index >= 15 is 0 Å². The van der Waals surface area contributed by atoms with Gasteiger partial charge in [-0.25, -0.2) is 0 Å². The van der Waals surface area contributed by atoms with Crippen molar-refractivity contribution in [2.24, 2.45) is 0 Å². The molecule has 0 aliphatic heterocycles. The van der Waals surface area contributed by atoms with Gasteiger partial charge in [-0.05, 0) is 24.6 Å². The third-order valence-electron chi connectivity index (χ3n) is 1.93. The summed E-state index contributed by atoms with van der Waals surface area (Å²) in [6.45, 7) is 3.77. The van der Waals surface area contributed by atoms with Gasteiger partial charge in [0, 0.05) is 6.92 Å². The number of hydrogen-bond acceptors (Lipinski definition) is 4. The Balaban J connectivity index is 0.000000312. The number of carbonyl (C=O) groups is 2. The van der Waals surface area contributed by atoms with Crippen LogP contribution < -0.4 is 0 Å². The number of rotatable bonds is 1. The number of Topliss-reactive ketones (excluding diaryl/α,β-unsaturated/α-hetero) is 1. The number of hydrogen-bond donors (Lipinski definition) is 1. The summed E-state index contributed by atoms with van der Waals surface area (Å²) in [5.41, 5.74) is 0. The van der Waals surface area contributed by atoms with Crippen LogP contribution in [0.25, 0.3) is 10.8 Å². The SMILES string of the molecule is CC(=O)OCO.CC(C)=O.c1ccc2ccccc2c1. The van der Waals surface area contributed by atoms with Crippen LogP contribution in [0.3, 0.4) is 0 Å². The molecule has 2 rings (SSSR count). The summed E-state index contributed by atoms with van der Waals surface area (Å²) in [4.78, 5) is 19.1. The predicted octanol–water partition coefficient (Wildman–Crippen LogP) is 2.93. The summed E-state index contributed by atoms with van der Waals surface area (Å²) in [5.74, 6) is -0.294. The molecular formula is C16H20O4. The van der Waals surface area contributed by atoms with Crippen LogP contribution in [0.15, 0.2) is 48.5 Å². The van der Waals surface area contributed by atoms with Crippen LogP contribution in [-0.4, -0.2) is 23.7 Å². The van der Waals surface area contributed by atoms with Gasteiger partial charge in [0.1, 0.15) is 5.78 Å². The Morgan fingerprint density at radius 1 is 0.900 bits per heavy atom. The van der Waals surface area contributed by atoms with E-state index in [1.807, 2.05) is 0 Å². The molecule has 4 heteroatoms. The van der Waals surface area contributed by atoms with Crippen LogP contribution in [-0.2, 0) is 14.3 Å². The average Bonchev–Trinajstić information content (AvgIpc) is 2.39. The smallest absolute Gasteiger partial charge is 0.304 e. The van der Waals surface area contributed by atoms with Gasteiger partial charge >= 0.3 is 5.97 Å². The molecule has 0 bridgehead atoms. The fraction of sp³-hybridized carbons (Fsp3) is 0.250. The van der Waals surface area contributed by atoms with Gasteiger partial charge in [-0.3, -0.25) is 4.79 Å². The molecule has 0 spiro atoms. The van der Waals surface area contributed by atoms with Gasteiger partial charge in [-0.15, -0.1) is 0 Å². The lowest BCUT2D eigenvalue weighted by Crippen LogP contribution is -1.97. The minimum atomic E-state index is -0.519. The quantitative estimate of drug-likeness (QED) is 0.642. The molecule has 0 heterocycles. The number of aliphatic hydroxyl groups excluding tert-OH is 1. The van der Waals surface area contributed by atoms with Gasteiger partial charge in [0.15, 0.2) is 6.79 Å². The van der Waals surface area contributed by atoms with Crippen molar-refractivity contribution in [3.63, 3.8) is 0 Å². The van der Waals surface area contributed by atoms with E-state index in [0.29, 0.717) is 0 Å². The number of ether oxygens (including phenoxy) is 1. The Morgan fingerprint density at radius 3 is 1.35 bits per heavy atom. The van der Waals surface area contributed by atoms with E-state index in [0.717, 1.165) is 0 Å². The van der Waals surface area contributed by atoms with Crippen molar-refractivity contribution in [1.82, 2.24) is 0 Å². The lowest BCUT2D eigenvalue weighted by molar-refractivity contribution is -0.148. The van der Waals surface area contributed by atoms with Crippen LogP contribution in [0.1, 0.15) is 20.8 Å². The first-order valence-electron chi connectivity index (χ1n) is 6.12. The Bertz CT molecular complexity index is 465. The van der Waals surface area contributed by atoms with Crippen molar-refractivity contribution in [2.75, 3.05) is 6.79 Å². The zero-order valence-electron chi connectivity index (χ0n) is 12.0. The number of benzene rings is 2. The fourth-order valence-corrected chi connectivity index (χ4v) is 1.22. The first-order valence-corrected chi connectivity index (χ1v) is 6.12. The molecular weight excluding hydrogens is 256 g/mol. The number of fused-ring (bicyclic) bond motifs is 1. The molecule has 20 heavy (non-hydrogen) atoms. The standard InChI is InChI=1S/C10H8.C3H6O3.C3H6O/c1-2-6-10-8-4-3-7-9(10)5-1;1-3(5)6-2-4;1-3(2)4/h1-8H;4H,2H2,1H3;1-2H3. The molecule has 0 atom stereocenters. The van der Waals surface area contributed by atoms with Gasteiger partial charge in [-0.2, -0.15) is 0 Å². The second-order valence-corrected chi connectivity index (χ2v) is 4.02. The van der Waals surface area contributed by atoms with Crippen molar-refractivity contribution in [3.8, 4) is 0 Å². The molecule has 0 unspecified atom stereocenters. The Hall–Kier alpha value is -2.20. The molecule has 0 radical (unpaired) electrons. The summed E-state index contributed by atoms with van der Waals surface area (Å²) < 4.78 is 3.96. The Morgan fingerprint density at radius 2 is 1.20 bits per heavy atom. The highest BCUT2D eigenvalue weighted by atomic mass is 16.6. The van der Waals surface area contributed by atoms with Crippen molar-refractivity contribution in [1.29, 1.82) is 0 Å². The van der Waals surface area contributed by atoms with E-state index in [9.17, 15) is 9.59 Å². The number of esters is 1. The molecule has 0 aliphatic rings. The largest absolute Gasteiger partial charge is 0.439 e. The van der Waals surface area contributed by atoms with Gasteiger partial charge < -0.3 is 14.6 Å². The van der Waals surface area contributed by atoms with E-state index in [1.165, 1.54) is 31.5 Å². The highest BCUT2D eigenvalue weighted by Crippen LogP contribution is 2.11. The summed E-state index contributed by atoms with van der Waals surface area (Å²) in [6, 6.07) is 16.7. The van der Waals surface area contributed by atoms with Crippen LogP contribution >= 0.6 is 0 Å². The minimum Gasteiger partial charge on any atom is -0.439 e. The highest BCUT2D eigenvalue weighted by Gasteiger charge is 1.85.